The van der Waals surface area contributed by atoms with Crippen LogP contribution in [0.2, 0.25) is 0 Å². The first-order valence-electron chi connectivity index (χ1n) is 0. The van der Waals surface area contributed by atoms with Crippen molar-refractivity contribution in [2.24, 2.45) is 0 Å². The minimum absolute atomic E-state index is 0. The van der Waals surface area contributed by atoms with E-state index in [-0.39, 0.29) is 82.4 Å². The van der Waals surface area contributed by atoms with Crippen LogP contribution in [0.3, 0.4) is 0 Å². The fraction of sp³-hybridized carbons (Fsp3) is 0. The van der Waals surface area contributed by atoms with E-state index in [1.165, 1.54) is 0 Å². The Morgan fingerprint density at radius 2 is 1.00 bits per heavy atom. The van der Waals surface area contributed by atoms with Crippen LogP contribution in [0.1, 0.15) is 2.85 Å². The van der Waals surface area contributed by atoms with Crippen LogP contribution in [0, 0.1) is 0 Å². The van der Waals surface area contributed by atoms with Crippen LogP contribution in [0.4, 0.5) is 0 Å². The van der Waals surface area contributed by atoms with E-state index in [1.54, 1.807) is 0 Å². The van der Waals surface area contributed by atoms with E-state index in [0.717, 1.165) is 0 Å². The average molecular weight is 196 g/mol. The van der Waals surface area contributed by atoms with Gasteiger partial charge in [0.2, 0.25) is 0 Å². The van der Waals surface area contributed by atoms with Crippen LogP contribution < -0.4 is 0 Å². The van der Waals surface area contributed by atoms with Crippen molar-refractivity contribution in [3.05, 3.63) is 0 Å². The van der Waals surface area contributed by atoms with E-state index in [4.69, 9.17) is 0 Å². The second-order valence-electron chi connectivity index (χ2n) is 0. The molecule has 0 aliphatic heterocycles. The molecule has 0 radical (unpaired) electrons. The quantitative estimate of drug-likeness (QED) is 0.511. The predicted octanol–water partition coefficient (Wildman–Crippen LogP) is 1.27. The molecule has 0 aromatic carbocycles. The summed E-state index contributed by atoms with van der Waals surface area (Å²) in [5.41, 5.74) is 0. The number of hydrogen-bond donors (Lipinski definition) is 0. The Kier molecular flexibility index (Phi) is 153. The maximum Gasteiger partial charge on any atom is 2.00 e. The first-order valence-corrected chi connectivity index (χ1v) is 0. The molecule has 0 aliphatic carbocycles. The molecule has 0 rings (SSSR count). The fourth-order valence-electron chi connectivity index (χ4n) is 0. The van der Waals surface area contributed by atoms with Gasteiger partial charge in [0.1, 0.15) is 0 Å². The average Bonchev–Trinajstić information content (AvgIpc) is 0. The van der Waals surface area contributed by atoms with Gasteiger partial charge in [-0.2, -0.15) is 0 Å². The third-order valence-electron chi connectivity index (χ3n) is 0. The van der Waals surface area contributed by atoms with Gasteiger partial charge in [-0.1, -0.05) is 0 Å². The van der Waals surface area contributed by atoms with E-state index in [1.807, 2.05) is 0 Å². The molecule has 0 heterocycles. The summed E-state index contributed by atoms with van der Waals surface area (Å²) in [6.07, 6.45) is 0. The summed E-state index contributed by atoms with van der Waals surface area (Å²) in [7, 11) is 0. The summed E-state index contributed by atoms with van der Waals surface area (Å²) in [4.78, 5) is 0. The topological polar surface area (TPSA) is 0 Å². The Morgan fingerprint density at radius 3 is 1.00 bits per heavy atom. The summed E-state index contributed by atoms with van der Waals surface area (Å²) >= 11 is 0. The Bertz CT molecular complexity index is 11.5. The van der Waals surface area contributed by atoms with Gasteiger partial charge >= 0.3 is 37.7 Å². The molecular formula is H5BrCaCl2. The van der Waals surface area contributed by atoms with Gasteiger partial charge in [-0.25, -0.2) is 0 Å². The Morgan fingerprint density at radius 1 is 1.00 bits per heavy atom. The summed E-state index contributed by atoms with van der Waals surface area (Å²) in [5.74, 6) is 0. The van der Waals surface area contributed by atoms with Crippen molar-refractivity contribution in [2.45, 2.75) is 0 Å². The standard InChI is InChI=1S/BrH.Ca.2ClH.2H/h1H;;2*1H;;/q;+2;;;2*-1. The molecule has 0 amide bonds. The molecule has 0 aromatic rings. The van der Waals surface area contributed by atoms with Gasteiger partial charge in [0.05, 0.1) is 0 Å². The molecule has 0 bridgehead atoms. The normalized spacial score (nSPS) is 0. The molecule has 0 aromatic heterocycles. The van der Waals surface area contributed by atoms with Gasteiger partial charge < -0.3 is 2.85 Å². The molecule has 0 unspecified atom stereocenters. The molecule has 4 heteroatoms. The maximum atomic E-state index is 0. The van der Waals surface area contributed by atoms with Crippen molar-refractivity contribution in [3.8, 4) is 0 Å². The summed E-state index contributed by atoms with van der Waals surface area (Å²) in [6, 6.07) is 0. The van der Waals surface area contributed by atoms with E-state index in [9.17, 15) is 0 Å². The van der Waals surface area contributed by atoms with Crippen molar-refractivity contribution in [1.82, 2.24) is 0 Å². The number of hydrogen-bond acceptors (Lipinski definition) is 0. The molecule has 0 atom stereocenters. The second kappa shape index (κ2) is 18.4. The van der Waals surface area contributed by atoms with E-state index in [0.29, 0.717) is 0 Å². The summed E-state index contributed by atoms with van der Waals surface area (Å²) < 4.78 is 0. The van der Waals surface area contributed by atoms with Gasteiger partial charge in [-0.3, -0.25) is 0 Å². The third kappa shape index (κ3) is 8.85. The Balaban J connectivity index is 0. The third-order valence-corrected chi connectivity index (χ3v) is 0. The number of halogens is 3. The van der Waals surface area contributed by atoms with Crippen LogP contribution in [-0.4, -0.2) is 37.7 Å². The van der Waals surface area contributed by atoms with E-state index >= 15 is 0 Å². The first-order chi connectivity index (χ1) is 0. The fourth-order valence-corrected chi connectivity index (χ4v) is 0. The summed E-state index contributed by atoms with van der Waals surface area (Å²) in [6.45, 7) is 0. The Hall–Kier alpha value is 2.32. The first kappa shape index (κ1) is 33.2. The molecule has 28 valence electrons. The van der Waals surface area contributed by atoms with Gasteiger partial charge in [-0.05, 0) is 0 Å². The monoisotopic (exact) mass is 194 g/mol. The van der Waals surface area contributed by atoms with Gasteiger partial charge in [0.25, 0.3) is 0 Å². The van der Waals surface area contributed by atoms with Gasteiger partial charge in [0, 0.05) is 0 Å². The zero-order valence-electron chi connectivity index (χ0n) is 3.93. The van der Waals surface area contributed by atoms with Crippen molar-refractivity contribution in [2.75, 3.05) is 0 Å². The van der Waals surface area contributed by atoms with Crippen LogP contribution in [0.5, 0.6) is 0 Å². The second-order valence-corrected chi connectivity index (χ2v) is 0. The molecule has 0 N–H and O–H groups in total. The molecule has 0 aliphatic rings. The Labute approximate surface area is 81.3 Å². The molecule has 0 spiro atoms. The minimum atomic E-state index is 0. The SMILES string of the molecule is Br.Cl.Cl.[Ca+2].[H-].[H-]. The minimum Gasteiger partial charge on any atom is -1.00 e. The molecule has 0 fully saturated rings. The smallest absolute Gasteiger partial charge is 1.00 e. The maximum absolute atomic E-state index is 0. The zero-order valence-corrected chi connectivity index (χ0v) is 7.49. The molecule has 0 nitrogen and oxygen atoms in total. The molecule has 0 saturated carbocycles. The van der Waals surface area contributed by atoms with Crippen LogP contribution in [0.15, 0.2) is 0 Å². The van der Waals surface area contributed by atoms with Crippen molar-refractivity contribution < 1.29 is 2.85 Å². The van der Waals surface area contributed by atoms with Crippen molar-refractivity contribution in [3.63, 3.8) is 0 Å². The van der Waals surface area contributed by atoms with Crippen molar-refractivity contribution in [1.29, 1.82) is 0 Å². The van der Waals surface area contributed by atoms with Gasteiger partial charge in [0.15, 0.2) is 0 Å². The number of rotatable bonds is 0. The predicted molar refractivity (Wildman–Crippen MR) is 32.8 cm³/mol. The van der Waals surface area contributed by atoms with Crippen LogP contribution >= 0.6 is 41.8 Å². The molecular weight excluding hydrogens is 191 g/mol. The molecule has 4 heavy (non-hydrogen) atoms. The summed E-state index contributed by atoms with van der Waals surface area (Å²) in [5, 5.41) is 0. The van der Waals surface area contributed by atoms with Crippen LogP contribution in [-0.2, 0) is 0 Å². The zero-order chi connectivity index (χ0) is 0. The van der Waals surface area contributed by atoms with Gasteiger partial charge in [-0.15, -0.1) is 41.8 Å². The van der Waals surface area contributed by atoms with E-state index in [2.05, 4.69) is 0 Å². The van der Waals surface area contributed by atoms with Crippen molar-refractivity contribution >= 4 is 79.5 Å². The van der Waals surface area contributed by atoms with E-state index < -0.39 is 0 Å². The van der Waals surface area contributed by atoms with Crippen LogP contribution in [0.25, 0.3) is 0 Å². The largest absolute Gasteiger partial charge is 2.00 e. The molecule has 0 saturated heterocycles.